The van der Waals surface area contributed by atoms with E-state index in [1.807, 2.05) is 0 Å². The second-order valence-electron chi connectivity index (χ2n) is 4.71. The maximum Gasteiger partial charge on any atom is 0.246 e. The molecule has 0 saturated carbocycles. The number of benzene rings is 1. The van der Waals surface area contributed by atoms with E-state index in [4.69, 9.17) is 0 Å². The summed E-state index contributed by atoms with van der Waals surface area (Å²) in [7, 11) is -3.57. The molecular formula is C13H20N2O3S. The summed E-state index contributed by atoms with van der Waals surface area (Å²) >= 11 is 0. The van der Waals surface area contributed by atoms with Gasteiger partial charge in [-0.15, -0.1) is 0 Å². The number of para-hydroxylation sites is 1. The molecule has 0 spiro atoms. The van der Waals surface area contributed by atoms with Crippen LogP contribution in [0, 0.1) is 0 Å². The van der Waals surface area contributed by atoms with E-state index in [9.17, 15) is 13.5 Å². The minimum absolute atomic E-state index is 0.000980. The number of nitrogens with zero attached hydrogens (tertiary/aromatic N) is 2. The maximum atomic E-state index is 12.4. The van der Waals surface area contributed by atoms with Crippen LogP contribution in [0.2, 0.25) is 0 Å². The lowest BCUT2D eigenvalue weighted by Crippen LogP contribution is -2.48. The van der Waals surface area contributed by atoms with Crippen molar-refractivity contribution in [1.29, 1.82) is 0 Å². The van der Waals surface area contributed by atoms with Crippen LogP contribution in [0.1, 0.15) is 13.3 Å². The number of hydrogen-bond donors (Lipinski definition) is 1. The van der Waals surface area contributed by atoms with E-state index >= 15 is 0 Å². The summed E-state index contributed by atoms with van der Waals surface area (Å²) in [6, 6.07) is 6.09. The fourth-order valence-electron chi connectivity index (χ4n) is 2.32. The average Bonchev–Trinajstić information content (AvgIpc) is 2.40. The second-order valence-corrected chi connectivity index (χ2v) is 6.62. The Labute approximate surface area is 114 Å². The van der Waals surface area contributed by atoms with Gasteiger partial charge in [0.05, 0.1) is 0 Å². The number of hydrogen-bond acceptors (Lipinski definition) is 4. The first-order chi connectivity index (χ1) is 9.05. The van der Waals surface area contributed by atoms with Gasteiger partial charge in [-0.05, 0) is 25.1 Å². The van der Waals surface area contributed by atoms with Crippen molar-refractivity contribution in [3.05, 3.63) is 24.3 Å². The molecule has 2 rings (SSSR count). The topological polar surface area (TPSA) is 60.9 Å². The number of phenols is 1. The Morgan fingerprint density at radius 2 is 1.79 bits per heavy atom. The summed E-state index contributed by atoms with van der Waals surface area (Å²) in [5, 5.41) is 9.70. The molecule has 1 saturated heterocycles. The minimum atomic E-state index is -3.57. The molecule has 1 N–H and O–H groups in total. The third-order valence-electron chi connectivity index (χ3n) is 3.35. The first-order valence-electron chi connectivity index (χ1n) is 6.56. The zero-order chi connectivity index (χ0) is 13.9. The Morgan fingerprint density at radius 1 is 1.16 bits per heavy atom. The summed E-state index contributed by atoms with van der Waals surface area (Å²) in [5.41, 5.74) is 0. The van der Waals surface area contributed by atoms with Crippen molar-refractivity contribution in [3.63, 3.8) is 0 Å². The lowest BCUT2D eigenvalue weighted by atomic mass is 10.3. The van der Waals surface area contributed by atoms with Crippen molar-refractivity contribution in [2.75, 3.05) is 32.7 Å². The lowest BCUT2D eigenvalue weighted by Gasteiger charge is -2.33. The van der Waals surface area contributed by atoms with E-state index in [-0.39, 0.29) is 10.6 Å². The van der Waals surface area contributed by atoms with Gasteiger partial charge in [0, 0.05) is 26.2 Å². The highest BCUT2D eigenvalue weighted by Crippen LogP contribution is 2.25. The Morgan fingerprint density at radius 3 is 2.37 bits per heavy atom. The van der Waals surface area contributed by atoms with Crippen LogP contribution in [-0.2, 0) is 10.0 Å². The van der Waals surface area contributed by atoms with Crippen molar-refractivity contribution in [3.8, 4) is 5.75 Å². The molecule has 0 aliphatic carbocycles. The van der Waals surface area contributed by atoms with Gasteiger partial charge in [-0.25, -0.2) is 8.42 Å². The predicted molar refractivity (Wildman–Crippen MR) is 73.6 cm³/mol. The molecule has 1 aromatic carbocycles. The predicted octanol–water partition coefficient (Wildman–Crippen LogP) is 1.11. The Balaban J connectivity index is 2.12. The summed E-state index contributed by atoms with van der Waals surface area (Å²) in [6.45, 7) is 5.59. The summed E-state index contributed by atoms with van der Waals surface area (Å²) in [5.74, 6) is -0.182. The monoisotopic (exact) mass is 284 g/mol. The SMILES string of the molecule is CCCN1CCN(S(=O)(=O)c2ccccc2O)CC1. The number of phenolic OH excluding ortho intramolecular Hbond substituents is 1. The zero-order valence-corrected chi connectivity index (χ0v) is 11.9. The normalized spacial score (nSPS) is 18.6. The highest BCUT2D eigenvalue weighted by atomic mass is 32.2. The van der Waals surface area contributed by atoms with Crippen molar-refractivity contribution in [2.45, 2.75) is 18.2 Å². The van der Waals surface area contributed by atoms with Crippen molar-refractivity contribution in [2.24, 2.45) is 0 Å². The van der Waals surface area contributed by atoms with Crippen molar-refractivity contribution < 1.29 is 13.5 Å². The van der Waals surface area contributed by atoms with Crippen LogP contribution in [0.3, 0.4) is 0 Å². The first-order valence-corrected chi connectivity index (χ1v) is 8.00. The van der Waals surface area contributed by atoms with E-state index in [0.29, 0.717) is 13.1 Å². The molecule has 1 aliphatic heterocycles. The molecule has 0 atom stereocenters. The van der Waals surface area contributed by atoms with Gasteiger partial charge in [-0.3, -0.25) is 0 Å². The molecule has 0 aromatic heterocycles. The molecular weight excluding hydrogens is 264 g/mol. The van der Waals surface area contributed by atoms with Crippen LogP contribution in [-0.4, -0.2) is 55.5 Å². The van der Waals surface area contributed by atoms with Crippen LogP contribution in [0.5, 0.6) is 5.75 Å². The van der Waals surface area contributed by atoms with Gasteiger partial charge in [0.1, 0.15) is 10.6 Å². The molecule has 0 radical (unpaired) electrons. The van der Waals surface area contributed by atoms with Gasteiger partial charge in [-0.1, -0.05) is 19.1 Å². The standard InChI is InChI=1S/C13H20N2O3S/c1-2-7-14-8-10-15(11-9-14)19(17,18)13-6-4-3-5-12(13)16/h3-6,16H,2,7-11H2,1H3. The van der Waals surface area contributed by atoms with E-state index < -0.39 is 10.0 Å². The summed E-state index contributed by atoms with van der Waals surface area (Å²) in [4.78, 5) is 2.26. The van der Waals surface area contributed by atoms with E-state index in [2.05, 4.69) is 11.8 Å². The van der Waals surface area contributed by atoms with Crippen LogP contribution in [0.15, 0.2) is 29.2 Å². The quantitative estimate of drug-likeness (QED) is 0.899. The molecule has 106 valence electrons. The van der Waals surface area contributed by atoms with Crippen molar-refractivity contribution in [1.82, 2.24) is 9.21 Å². The molecule has 5 nitrogen and oxygen atoms in total. The third-order valence-corrected chi connectivity index (χ3v) is 5.30. The van der Waals surface area contributed by atoms with Gasteiger partial charge in [0.2, 0.25) is 10.0 Å². The largest absolute Gasteiger partial charge is 0.507 e. The highest BCUT2D eigenvalue weighted by Gasteiger charge is 2.29. The average molecular weight is 284 g/mol. The Kier molecular flexibility index (Phi) is 4.44. The molecule has 0 unspecified atom stereocenters. The summed E-state index contributed by atoms with van der Waals surface area (Å²) < 4.78 is 26.3. The molecule has 6 heteroatoms. The highest BCUT2D eigenvalue weighted by molar-refractivity contribution is 7.89. The molecule has 19 heavy (non-hydrogen) atoms. The van der Waals surface area contributed by atoms with E-state index in [0.717, 1.165) is 26.1 Å². The second kappa shape index (κ2) is 5.90. The lowest BCUT2D eigenvalue weighted by molar-refractivity contribution is 0.188. The number of rotatable bonds is 4. The third kappa shape index (κ3) is 3.08. The van der Waals surface area contributed by atoms with Gasteiger partial charge in [0.25, 0.3) is 0 Å². The molecule has 0 amide bonds. The van der Waals surface area contributed by atoms with Gasteiger partial charge in [0.15, 0.2) is 0 Å². The van der Waals surface area contributed by atoms with E-state index in [1.165, 1.54) is 16.4 Å². The first kappa shape index (κ1) is 14.3. The van der Waals surface area contributed by atoms with Crippen molar-refractivity contribution >= 4 is 10.0 Å². The molecule has 1 fully saturated rings. The van der Waals surface area contributed by atoms with Crippen LogP contribution >= 0.6 is 0 Å². The molecule has 1 aliphatic rings. The Bertz CT molecular complexity index is 522. The number of aromatic hydroxyl groups is 1. The zero-order valence-electron chi connectivity index (χ0n) is 11.1. The van der Waals surface area contributed by atoms with Gasteiger partial charge >= 0.3 is 0 Å². The maximum absolute atomic E-state index is 12.4. The summed E-state index contributed by atoms with van der Waals surface area (Å²) in [6.07, 6.45) is 1.08. The van der Waals surface area contributed by atoms with E-state index in [1.54, 1.807) is 12.1 Å². The molecule has 1 heterocycles. The fraction of sp³-hybridized carbons (Fsp3) is 0.538. The smallest absolute Gasteiger partial charge is 0.246 e. The van der Waals surface area contributed by atoms with Gasteiger partial charge in [-0.2, -0.15) is 4.31 Å². The van der Waals surface area contributed by atoms with Crippen LogP contribution < -0.4 is 0 Å². The van der Waals surface area contributed by atoms with Crippen LogP contribution in [0.25, 0.3) is 0 Å². The van der Waals surface area contributed by atoms with Crippen LogP contribution in [0.4, 0.5) is 0 Å². The fourth-order valence-corrected chi connectivity index (χ4v) is 3.83. The Hall–Kier alpha value is -1.11. The van der Waals surface area contributed by atoms with Gasteiger partial charge < -0.3 is 10.0 Å². The number of piperazine rings is 1. The molecule has 0 bridgehead atoms. The number of sulfonamides is 1. The minimum Gasteiger partial charge on any atom is -0.507 e. The molecule has 1 aromatic rings.